The molecule has 0 aliphatic rings. The summed E-state index contributed by atoms with van der Waals surface area (Å²) < 4.78 is 4.90. The highest BCUT2D eigenvalue weighted by Crippen LogP contribution is 1.98. The molecule has 1 rings (SSSR count). The second kappa shape index (κ2) is 5.09. The predicted molar refractivity (Wildman–Crippen MR) is 49.3 cm³/mol. The Morgan fingerprint density at radius 3 is 3.15 bits per heavy atom. The van der Waals surface area contributed by atoms with Gasteiger partial charge in [0.1, 0.15) is 0 Å². The molecule has 3 heteroatoms. The molecule has 0 fully saturated rings. The van der Waals surface area contributed by atoms with Crippen LogP contribution in [0.3, 0.4) is 0 Å². The quantitative estimate of drug-likeness (QED) is 0.400. The molecule has 1 aromatic rings. The van der Waals surface area contributed by atoms with Crippen LogP contribution in [0.15, 0.2) is 36.9 Å². The van der Waals surface area contributed by atoms with Crippen molar-refractivity contribution in [1.82, 2.24) is 4.98 Å². The summed E-state index contributed by atoms with van der Waals surface area (Å²) in [6, 6.07) is 3.44. The van der Waals surface area contributed by atoms with Crippen LogP contribution in [-0.2, 0) is 4.74 Å². The molecule has 0 aliphatic heterocycles. The van der Waals surface area contributed by atoms with Crippen LogP contribution >= 0.6 is 0 Å². The number of nitrogens with zero attached hydrogens (tertiary/aromatic N) is 1. The maximum absolute atomic E-state index is 11.3. The largest absolute Gasteiger partial charge is 0.501 e. The fraction of sp³-hybridized carbons (Fsp3) is 0.200. The highest BCUT2D eigenvalue weighted by atomic mass is 16.5. The molecule has 0 N–H and O–H groups in total. The van der Waals surface area contributed by atoms with Crippen LogP contribution in [0.25, 0.3) is 0 Å². The van der Waals surface area contributed by atoms with Gasteiger partial charge in [-0.05, 0) is 19.1 Å². The minimum absolute atomic E-state index is 0.0958. The summed E-state index contributed by atoms with van der Waals surface area (Å²) >= 11 is 0. The van der Waals surface area contributed by atoms with Gasteiger partial charge in [0.25, 0.3) is 0 Å². The molecular weight excluding hydrogens is 166 g/mol. The number of hydrogen-bond acceptors (Lipinski definition) is 3. The number of carbonyl (C=O) groups is 1. The van der Waals surface area contributed by atoms with Gasteiger partial charge in [-0.3, -0.25) is 9.78 Å². The third kappa shape index (κ3) is 3.07. The number of rotatable bonds is 4. The Morgan fingerprint density at radius 2 is 2.54 bits per heavy atom. The molecule has 1 heterocycles. The maximum Gasteiger partial charge on any atom is 0.190 e. The SMILES string of the molecule is CCO/C=C/C(=O)c1cccnc1. The van der Waals surface area contributed by atoms with Crippen LogP contribution in [0.1, 0.15) is 17.3 Å². The number of aromatic nitrogens is 1. The number of carbonyl (C=O) groups excluding carboxylic acids is 1. The van der Waals surface area contributed by atoms with Crippen LogP contribution in [-0.4, -0.2) is 17.4 Å². The van der Waals surface area contributed by atoms with Gasteiger partial charge in [-0.25, -0.2) is 0 Å². The minimum Gasteiger partial charge on any atom is -0.501 e. The highest BCUT2D eigenvalue weighted by molar-refractivity contribution is 6.04. The summed E-state index contributed by atoms with van der Waals surface area (Å²) in [5.74, 6) is -0.0958. The van der Waals surface area contributed by atoms with Crippen molar-refractivity contribution < 1.29 is 9.53 Å². The Labute approximate surface area is 77.1 Å². The average Bonchev–Trinajstić information content (AvgIpc) is 2.19. The molecular formula is C10H11NO2. The summed E-state index contributed by atoms with van der Waals surface area (Å²) in [5.41, 5.74) is 0.568. The van der Waals surface area contributed by atoms with Crippen LogP contribution in [0.4, 0.5) is 0 Å². The molecule has 0 amide bonds. The van der Waals surface area contributed by atoms with Gasteiger partial charge in [-0.1, -0.05) is 0 Å². The lowest BCUT2D eigenvalue weighted by Gasteiger charge is -1.94. The predicted octanol–water partition coefficient (Wildman–Crippen LogP) is 1.81. The van der Waals surface area contributed by atoms with Crippen molar-refractivity contribution in [3.05, 3.63) is 42.4 Å². The van der Waals surface area contributed by atoms with Gasteiger partial charge in [-0.15, -0.1) is 0 Å². The van der Waals surface area contributed by atoms with E-state index in [9.17, 15) is 4.79 Å². The molecule has 0 radical (unpaired) electrons. The summed E-state index contributed by atoms with van der Waals surface area (Å²) in [6.07, 6.45) is 5.94. The van der Waals surface area contributed by atoms with Crippen LogP contribution in [0.2, 0.25) is 0 Å². The normalized spacial score (nSPS) is 10.2. The Bertz CT molecular complexity index is 293. The molecule has 0 saturated carbocycles. The molecule has 0 bridgehead atoms. The van der Waals surface area contributed by atoms with Gasteiger partial charge in [-0.2, -0.15) is 0 Å². The first-order valence-corrected chi connectivity index (χ1v) is 4.07. The van der Waals surface area contributed by atoms with Crippen molar-refractivity contribution in [1.29, 1.82) is 0 Å². The summed E-state index contributed by atoms with van der Waals surface area (Å²) in [7, 11) is 0. The molecule has 0 aliphatic carbocycles. The van der Waals surface area contributed by atoms with E-state index in [0.29, 0.717) is 12.2 Å². The first-order chi connectivity index (χ1) is 6.34. The highest BCUT2D eigenvalue weighted by Gasteiger charge is 1.99. The number of pyridine rings is 1. The van der Waals surface area contributed by atoms with E-state index >= 15 is 0 Å². The Hall–Kier alpha value is -1.64. The van der Waals surface area contributed by atoms with Gasteiger partial charge >= 0.3 is 0 Å². The lowest BCUT2D eigenvalue weighted by molar-refractivity contribution is 0.104. The van der Waals surface area contributed by atoms with Crippen molar-refractivity contribution in [2.45, 2.75) is 6.92 Å². The number of hydrogen-bond donors (Lipinski definition) is 0. The topological polar surface area (TPSA) is 39.2 Å². The van der Waals surface area contributed by atoms with Crippen molar-refractivity contribution in [3.63, 3.8) is 0 Å². The van der Waals surface area contributed by atoms with Crippen molar-refractivity contribution in [3.8, 4) is 0 Å². The molecule has 0 spiro atoms. The number of allylic oxidation sites excluding steroid dienone is 1. The second-order valence-electron chi connectivity index (χ2n) is 2.36. The third-order valence-electron chi connectivity index (χ3n) is 1.43. The first-order valence-electron chi connectivity index (χ1n) is 4.07. The standard InChI is InChI=1S/C10H11NO2/c1-2-13-7-5-10(12)9-4-3-6-11-8-9/h3-8H,2H2,1H3/b7-5+. The van der Waals surface area contributed by atoms with Gasteiger partial charge in [0.2, 0.25) is 0 Å². The molecule has 0 atom stereocenters. The summed E-state index contributed by atoms with van der Waals surface area (Å²) in [5, 5.41) is 0. The molecule has 13 heavy (non-hydrogen) atoms. The number of ketones is 1. The van der Waals surface area contributed by atoms with Crippen molar-refractivity contribution >= 4 is 5.78 Å². The molecule has 68 valence electrons. The summed E-state index contributed by atoms with van der Waals surface area (Å²) in [4.78, 5) is 15.2. The minimum atomic E-state index is -0.0958. The van der Waals surface area contributed by atoms with E-state index in [1.165, 1.54) is 18.5 Å². The van der Waals surface area contributed by atoms with Crippen LogP contribution in [0, 0.1) is 0 Å². The zero-order valence-electron chi connectivity index (χ0n) is 7.43. The van der Waals surface area contributed by atoms with Gasteiger partial charge in [0, 0.05) is 24.0 Å². The van der Waals surface area contributed by atoms with Crippen molar-refractivity contribution in [2.75, 3.05) is 6.61 Å². The maximum atomic E-state index is 11.3. The fourth-order valence-electron chi connectivity index (χ4n) is 0.811. The zero-order valence-corrected chi connectivity index (χ0v) is 7.43. The zero-order chi connectivity index (χ0) is 9.52. The van der Waals surface area contributed by atoms with Crippen molar-refractivity contribution in [2.24, 2.45) is 0 Å². The van der Waals surface area contributed by atoms with E-state index in [-0.39, 0.29) is 5.78 Å². The summed E-state index contributed by atoms with van der Waals surface area (Å²) in [6.45, 7) is 2.43. The van der Waals surface area contributed by atoms with E-state index in [2.05, 4.69) is 4.98 Å². The third-order valence-corrected chi connectivity index (χ3v) is 1.43. The van der Waals surface area contributed by atoms with Gasteiger partial charge in [0.05, 0.1) is 12.9 Å². The van der Waals surface area contributed by atoms with E-state index in [1.54, 1.807) is 18.3 Å². The van der Waals surface area contributed by atoms with E-state index in [4.69, 9.17) is 4.74 Å². The molecule has 0 unspecified atom stereocenters. The fourth-order valence-corrected chi connectivity index (χ4v) is 0.811. The lowest BCUT2D eigenvalue weighted by Crippen LogP contribution is -1.94. The Balaban J connectivity index is 2.59. The smallest absolute Gasteiger partial charge is 0.190 e. The molecule has 0 saturated heterocycles. The van der Waals surface area contributed by atoms with Gasteiger partial charge < -0.3 is 4.74 Å². The molecule has 0 aromatic carbocycles. The van der Waals surface area contributed by atoms with E-state index < -0.39 is 0 Å². The second-order valence-corrected chi connectivity index (χ2v) is 2.36. The van der Waals surface area contributed by atoms with Gasteiger partial charge in [0.15, 0.2) is 5.78 Å². The molecule has 1 aromatic heterocycles. The Morgan fingerprint density at radius 1 is 1.69 bits per heavy atom. The lowest BCUT2D eigenvalue weighted by atomic mass is 10.2. The van der Waals surface area contributed by atoms with Crippen LogP contribution in [0.5, 0.6) is 0 Å². The average molecular weight is 177 g/mol. The first kappa shape index (κ1) is 9.45. The number of ether oxygens (including phenoxy) is 1. The Kier molecular flexibility index (Phi) is 3.70. The molecule has 3 nitrogen and oxygen atoms in total. The monoisotopic (exact) mass is 177 g/mol. The van der Waals surface area contributed by atoms with E-state index in [1.807, 2.05) is 6.92 Å². The van der Waals surface area contributed by atoms with E-state index in [0.717, 1.165) is 0 Å². The van der Waals surface area contributed by atoms with Crippen LogP contribution < -0.4 is 0 Å².